The van der Waals surface area contributed by atoms with Crippen LogP contribution in [0.25, 0.3) is 11.3 Å². The molecule has 5 heteroatoms. The van der Waals surface area contributed by atoms with Gasteiger partial charge >= 0.3 is 0 Å². The van der Waals surface area contributed by atoms with E-state index in [1.807, 2.05) is 12.1 Å². The van der Waals surface area contributed by atoms with Crippen molar-refractivity contribution in [2.24, 2.45) is 0 Å². The first-order valence-electron chi connectivity index (χ1n) is 6.63. The molecular weight excluding hydrogens is 302 g/mol. The number of carbonyl (C=O) groups is 1. The van der Waals surface area contributed by atoms with E-state index >= 15 is 0 Å². The van der Waals surface area contributed by atoms with Gasteiger partial charge in [0.15, 0.2) is 0 Å². The van der Waals surface area contributed by atoms with Gasteiger partial charge in [0.25, 0.3) is 0 Å². The van der Waals surface area contributed by atoms with Gasteiger partial charge in [-0.05, 0) is 16.8 Å². The van der Waals surface area contributed by atoms with Gasteiger partial charge < -0.3 is 14.4 Å². The van der Waals surface area contributed by atoms with Crippen LogP contribution in [-0.4, -0.2) is 11.1 Å². The Morgan fingerprint density at radius 2 is 1.91 bits per heavy atom. The minimum Gasteiger partial charge on any atom is -0.550 e. The van der Waals surface area contributed by atoms with Gasteiger partial charge in [-0.2, -0.15) is 0 Å². The number of carboxylic acids is 1. The molecule has 4 rings (SSSR count). The first-order chi connectivity index (χ1) is 10.6. The van der Waals surface area contributed by atoms with Crippen molar-refractivity contribution < 1.29 is 14.4 Å². The zero-order valence-corrected chi connectivity index (χ0v) is 12.2. The van der Waals surface area contributed by atoms with Crippen LogP contribution in [0.15, 0.2) is 59.3 Å². The molecule has 4 nitrogen and oxygen atoms in total. The van der Waals surface area contributed by atoms with Crippen LogP contribution < -0.4 is 5.11 Å². The molecule has 2 aliphatic rings. The van der Waals surface area contributed by atoms with Gasteiger partial charge in [0.1, 0.15) is 12.0 Å². The lowest BCUT2D eigenvalue weighted by molar-refractivity contribution is -0.304. The number of benzene rings is 2. The average Bonchev–Trinajstić information content (AvgIpc) is 2.99. The second kappa shape index (κ2) is 6.03. The number of carbonyl (C=O) groups excluding carboxylic acids is 1. The van der Waals surface area contributed by atoms with Crippen LogP contribution in [0.1, 0.15) is 5.56 Å². The number of rotatable bonds is 3. The van der Waals surface area contributed by atoms with E-state index in [2.05, 4.69) is 11.2 Å². The standard InChI is InChI=1S/C11H9NO3.C6H3Cl/c13-11(14)7-8-1-3-9(4-2-8)10-5-6-15-12-10;7-6-3-4-1-2-5(4)6/h1-6H,7H2,(H,13,14);1-3H/p-1. The van der Waals surface area contributed by atoms with Gasteiger partial charge in [-0.3, -0.25) is 0 Å². The average molecular weight is 313 g/mol. The van der Waals surface area contributed by atoms with Crippen molar-refractivity contribution in [3.8, 4) is 11.3 Å². The molecule has 0 fully saturated rings. The Labute approximate surface area is 131 Å². The predicted molar refractivity (Wildman–Crippen MR) is 79.8 cm³/mol. The number of hydrogen-bond donors (Lipinski definition) is 0. The molecule has 2 aromatic rings. The molecule has 0 saturated heterocycles. The molecule has 1 aromatic heterocycles. The number of halogens is 1. The topological polar surface area (TPSA) is 66.2 Å². The minimum atomic E-state index is -1.08. The summed E-state index contributed by atoms with van der Waals surface area (Å²) in [5.74, 6) is -1.08. The molecule has 0 N–H and O–H groups in total. The van der Waals surface area contributed by atoms with Crippen molar-refractivity contribution in [2.45, 2.75) is 6.42 Å². The summed E-state index contributed by atoms with van der Waals surface area (Å²) in [7, 11) is 0. The highest BCUT2D eigenvalue weighted by molar-refractivity contribution is 6.31. The Bertz CT molecular complexity index is 887. The Morgan fingerprint density at radius 3 is 2.27 bits per heavy atom. The van der Waals surface area contributed by atoms with E-state index in [0.717, 1.165) is 16.3 Å². The number of aliphatic carboxylic acids is 1. The van der Waals surface area contributed by atoms with E-state index in [1.54, 1.807) is 30.3 Å². The summed E-state index contributed by atoms with van der Waals surface area (Å²) in [6, 6.07) is 14.9. The molecule has 22 heavy (non-hydrogen) atoms. The fourth-order valence-electron chi connectivity index (χ4n) is 2.06. The van der Waals surface area contributed by atoms with Crippen molar-refractivity contribution in [1.29, 1.82) is 0 Å². The SMILES string of the molecule is Clc1cc2ccc1=2.O=C([O-])Cc1ccc(-c2ccon2)cc1. The lowest BCUT2D eigenvalue weighted by Gasteiger charge is -2.02. The van der Waals surface area contributed by atoms with E-state index < -0.39 is 5.97 Å². The van der Waals surface area contributed by atoms with Crippen molar-refractivity contribution in [1.82, 2.24) is 5.16 Å². The molecule has 0 aliphatic heterocycles. The molecule has 1 aromatic carbocycles. The molecular formula is C17H11ClNO3-. The Kier molecular flexibility index (Phi) is 3.94. The van der Waals surface area contributed by atoms with Crippen LogP contribution in [0.4, 0.5) is 0 Å². The van der Waals surface area contributed by atoms with E-state index in [0.29, 0.717) is 5.56 Å². The van der Waals surface area contributed by atoms with Crippen molar-refractivity contribution in [3.63, 3.8) is 0 Å². The van der Waals surface area contributed by atoms with Crippen LogP contribution in [-0.2, 0) is 11.2 Å². The highest BCUT2D eigenvalue weighted by Gasteiger charge is 2.01. The first-order valence-corrected chi connectivity index (χ1v) is 7.01. The summed E-state index contributed by atoms with van der Waals surface area (Å²) in [5.41, 5.74) is 2.34. The highest BCUT2D eigenvalue weighted by atomic mass is 35.5. The summed E-state index contributed by atoms with van der Waals surface area (Å²) in [4.78, 5) is 10.3. The Balaban J connectivity index is 0.000000169. The maximum Gasteiger partial charge on any atom is 0.124 e. The summed E-state index contributed by atoms with van der Waals surface area (Å²) in [6.07, 6.45) is 1.42. The van der Waals surface area contributed by atoms with Gasteiger partial charge in [0, 0.05) is 34.3 Å². The molecule has 0 spiro atoms. The second-order valence-electron chi connectivity index (χ2n) is 4.83. The van der Waals surface area contributed by atoms with Crippen LogP contribution in [0, 0.1) is 10.4 Å². The van der Waals surface area contributed by atoms with Crippen LogP contribution in [0.2, 0.25) is 5.02 Å². The number of aromatic nitrogens is 1. The maximum absolute atomic E-state index is 10.3. The van der Waals surface area contributed by atoms with E-state index in [1.165, 1.54) is 16.7 Å². The zero-order valence-electron chi connectivity index (χ0n) is 11.5. The van der Waals surface area contributed by atoms with Gasteiger partial charge in [-0.25, -0.2) is 0 Å². The molecule has 0 atom stereocenters. The van der Waals surface area contributed by atoms with Crippen LogP contribution >= 0.6 is 11.6 Å². The van der Waals surface area contributed by atoms with E-state index in [-0.39, 0.29) is 6.42 Å². The largest absolute Gasteiger partial charge is 0.550 e. The molecule has 0 radical (unpaired) electrons. The summed E-state index contributed by atoms with van der Waals surface area (Å²) >= 11 is 5.60. The minimum absolute atomic E-state index is 0.0703. The lowest BCUT2D eigenvalue weighted by atomic mass is 10.1. The van der Waals surface area contributed by atoms with Gasteiger partial charge in [-0.15, -0.1) is 0 Å². The summed E-state index contributed by atoms with van der Waals surface area (Å²) < 4.78 is 4.71. The number of carboxylic acid groups (broad SMARTS) is 1. The normalized spacial score (nSPS) is 10.6. The number of nitrogens with zero attached hydrogens (tertiary/aromatic N) is 1. The Hall–Kier alpha value is -2.59. The maximum atomic E-state index is 10.3. The fraction of sp³-hybridized carbons (Fsp3) is 0.0588. The third-order valence-corrected chi connectivity index (χ3v) is 3.63. The monoisotopic (exact) mass is 312 g/mol. The first kappa shape index (κ1) is 14.4. The predicted octanol–water partition coefficient (Wildman–Crippen LogP) is 2.57. The van der Waals surface area contributed by atoms with Crippen molar-refractivity contribution in [3.05, 3.63) is 75.8 Å². The lowest BCUT2D eigenvalue weighted by Crippen LogP contribution is -2.24. The molecule has 0 amide bonds. The smallest absolute Gasteiger partial charge is 0.124 e. The molecule has 0 saturated carbocycles. The molecule has 0 bridgehead atoms. The van der Waals surface area contributed by atoms with Gasteiger partial charge in [0.2, 0.25) is 0 Å². The third kappa shape index (κ3) is 3.02. The molecule has 0 unspecified atom stereocenters. The molecule has 110 valence electrons. The van der Waals surface area contributed by atoms with Crippen molar-refractivity contribution >= 4 is 17.6 Å². The zero-order chi connectivity index (χ0) is 15.5. The van der Waals surface area contributed by atoms with Gasteiger partial charge in [-0.1, -0.05) is 53.2 Å². The van der Waals surface area contributed by atoms with Crippen LogP contribution in [0.5, 0.6) is 0 Å². The molecule has 2 aliphatic carbocycles. The quantitative estimate of drug-likeness (QED) is 0.583. The van der Waals surface area contributed by atoms with E-state index in [4.69, 9.17) is 16.1 Å². The number of hydrogen-bond acceptors (Lipinski definition) is 4. The van der Waals surface area contributed by atoms with Crippen molar-refractivity contribution in [2.75, 3.05) is 0 Å². The van der Waals surface area contributed by atoms with Gasteiger partial charge in [0.05, 0.1) is 0 Å². The fourth-order valence-corrected chi connectivity index (χ4v) is 2.35. The summed E-state index contributed by atoms with van der Waals surface area (Å²) in [5, 5.41) is 17.6. The van der Waals surface area contributed by atoms with E-state index in [9.17, 15) is 9.90 Å². The highest BCUT2D eigenvalue weighted by Crippen LogP contribution is 2.20. The third-order valence-electron chi connectivity index (χ3n) is 3.32. The summed E-state index contributed by atoms with van der Waals surface area (Å²) in [6.45, 7) is 0. The molecule has 1 heterocycles. The Morgan fingerprint density at radius 1 is 1.14 bits per heavy atom. The second-order valence-corrected chi connectivity index (χ2v) is 5.23. The van der Waals surface area contributed by atoms with Crippen LogP contribution in [0.3, 0.4) is 0 Å².